The van der Waals surface area contributed by atoms with Gasteiger partial charge < -0.3 is 4.90 Å². The lowest BCUT2D eigenvalue weighted by Crippen LogP contribution is -2.62. The molecule has 5 aliphatic rings. The van der Waals surface area contributed by atoms with Crippen LogP contribution in [0.4, 0.5) is 17.1 Å². The lowest BCUT2D eigenvalue weighted by Gasteiger charge is -2.64. The molecule has 4 unspecified atom stereocenters. The minimum absolute atomic E-state index is 0.216. The Balaban J connectivity index is 1.05. The third-order valence-electron chi connectivity index (χ3n) is 13.5. The van der Waals surface area contributed by atoms with Crippen molar-refractivity contribution in [2.45, 2.75) is 37.5 Å². The number of benzene rings is 6. The van der Waals surface area contributed by atoms with Gasteiger partial charge in [0.1, 0.15) is 0 Å². The van der Waals surface area contributed by atoms with Crippen molar-refractivity contribution in [3.8, 4) is 33.4 Å². The van der Waals surface area contributed by atoms with Crippen LogP contribution in [0.1, 0.15) is 43.2 Å². The molecule has 6 aromatic rings. The summed E-state index contributed by atoms with van der Waals surface area (Å²) in [5.41, 5.74) is 15.6. The monoisotopic (exact) mass is 617 g/mol. The molecule has 4 saturated carbocycles. The highest BCUT2D eigenvalue weighted by molar-refractivity contribution is 5.88. The Bertz CT molecular complexity index is 2070. The second-order valence-electron chi connectivity index (χ2n) is 15.5. The van der Waals surface area contributed by atoms with Gasteiger partial charge in [-0.3, -0.25) is 0 Å². The van der Waals surface area contributed by atoms with E-state index in [1.807, 2.05) is 0 Å². The Kier molecular flexibility index (Phi) is 5.55. The summed E-state index contributed by atoms with van der Waals surface area (Å²) in [6, 6.07) is 56.7. The van der Waals surface area contributed by atoms with Gasteiger partial charge in [-0.2, -0.15) is 0 Å². The Labute approximate surface area is 283 Å². The van der Waals surface area contributed by atoms with E-state index in [0.717, 1.165) is 23.7 Å². The Morgan fingerprint density at radius 1 is 0.417 bits per heavy atom. The molecule has 11 rings (SSSR count). The first-order chi connectivity index (χ1) is 23.7. The van der Waals surface area contributed by atoms with Gasteiger partial charge >= 0.3 is 0 Å². The van der Waals surface area contributed by atoms with Crippen LogP contribution in [0, 0.1) is 29.1 Å². The van der Waals surface area contributed by atoms with Crippen molar-refractivity contribution in [2.75, 3.05) is 4.90 Å². The molecule has 0 amide bonds. The molecule has 2 spiro atoms. The molecule has 232 valence electrons. The van der Waals surface area contributed by atoms with Crippen molar-refractivity contribution >= 4 is 17.1 Å². The maximum atomic E-state index is 2.56. The Morgan fingerprint density at radius 3 is 1.48 bits per heavy atom. The summed E-state index contributed by atoms with van der Waals surface area (Å²) >= 11 is 0. The van der Waals surface area contributed by atoms with E-state index >= 15 is 0 Å². The Morgan fingerprint density at radius 2 is 0.896 bits per heavy atom. The summed E-state index contributed by atoms with van der Waals surface area (Å²) in [7, 11) is 0. The molecule has 0 heterocycles. The fourth-order valence-corrected chi connectivity index (χ4v) is 12.1. The minimum Gasteiger partial charge on any atom is -0.310 e. The molecule has 1 nitrogen and oxygen atoms in total. The van der Waals surface area contributed by atoms with Crippen LogP contribution in [-0.2, 0) is 5.41 Å². The predicted molar refractivity (Wildman–Crippen MR) is 198 cm³/mol. The molecule has 5 aliphatic carbocycles. The normalized spacial score (nSPS) is 28.2. The van der Waals surface area contributed by atoms with Crippen molar-refractivity contribution in [1.82, 2.24) is 0 Å². The molecule has 1 heteroatoms. The fourth-order valence-electron chi connectivity index (χ4n) is 12.1. The fraction of sp³-hybridized carbons (Fsp3) is 0.234. The molecule has 0 aromatic heterocycles. The molecule has 0 saturated heterocycles. The summed E-state index contributed by atoms with van der Waals surface area (Å²) in [5, 5.41) is 0. The molecule has 6 aromatic carbocycles. The van der Waals surface area contributed by atoms with Crippen LogP contribution < -0.4 is 4.90 Å². The van der Waals surface area contributed by atoms with Gasteiger partial charge in [0, 0.05) is 22.5 Å². The zero-order valence-electron chi connectivity index (χ0n) is 27.2. The highest BCUT2D eigenvalue weighted by Crippen LogP contribution is 2.85. The summed E-state index contributed by atoms with van der Waals surface area (Å²) in [6.07, 6.45) is 7.38. The molecular formula is C47H39N. The van der Waals surface area contributed by atoms with E-state index in [0.29, 0.717) is 5.41 Å². The second kappa shape index (κ2) is 9.83. The summed E-state index contributed by atoms with van der Waals surface area (Å²) in [6.45, 7) is 0. The summed E-state index contributed by atoms with van der Waals surface area (Å²) < 4.78 is 0. The van der Waals surface area contributed by atoms with Crippen molar-refractivity contribution in [2.24, 2.45) is 29.1 Å². The predicted octanol–water partition coefficient (Wildman–Crippen LogP) is 12.2. The van der Waals surface area contributed by atoms with Gasteiger partial charge in [0.25, 0.3) is 0 Å². The van der Waals surface area contributed by atoms with E-state index < -0.39 is 0 Å². The molecule has 3 bridgehead atoms. The molecule has 4 fully saturated rings. The Hall–Kier alpha value is -4.88. The van der Waals surface area contributed by atoms with Crippen molar-refractivity contribution in [1.29, 1.82) is 0 Å². The highest BCUT2D eigenvalue weighted by atomic mass is 15.1. The lowest BCUT2D eigenvalue weighted by molar-refractivity contribution is -0.0820. The van der Waals surface area contributed by atoms with Gasteiger partial charge in [-0.15, -0.1) is 0 Å². The van der Waals surface area contributed by atoms with E-state index in [2.05, 4.69) is 157 Å². The summed E-state index contributed by atoms with van der Waals surface area (Å²) in [4.78, 5) is 2.46. The summed E-state index contributed by atoms with van der Waals surface area (Å²) in [5.74, 6) is 3.55. The molecule has 48 heavy (non-hydrogen) atoms. The topological polar surface area (TPSA) is 3.24 Å². The van der Waals surface area contributed by atoms with Gasteiger partial charge in [-0.1, -0.05) is 115 Å². The van der Waals surface area contributed by atoms with Crippen LogP contribution in [0.25, 0.3) is 33.4 Å². The first kappa shape index (κ1) is 27.1. The number of hydrogen-bond donors (Lipinski definition) is 0. The molecule has 4 atom stereocenters. The SMILES string of the molecule is c1ccc(-c2ccc(N(c3ccc(-c4ccccc4)cc3)c3ccc4c(c3)-c3ccccc3C43C4CC5CC6CC3C4(C5)C6)cc2)cc1. The average Bonchev–Trinajstić information content (AvgIpc) is 3.68. The number of fused-ring (bicyclic) bond motifs is 9. The molecule has 0 radical (unpaired) electrons. The van der Waals surface area contributed by atoms with Crippen LogP contribution in [0.3, 0.4) is 0 Å². The van der Waals surface area contributed by atoms with Gasteiger partial charge in [-0.05, 0) is 142 Å². The smallest absolute Gasteiger partial charge is 0.0468 e. The van der Waals surface area contributed by atoms with Gasteiger partial charge in [-0.25, -0.2) is 0 Å². The number of hydrogen-bond acceptors (Lipinski definition) is 1. The zero-order valence-corrected chi connectivity index (χ0v) is 27.2. The second-order valence-corrected chi connectivity index (χ2v) is 15.5. The van der Waals surface area contributed by atoms with Crippen LogP contribution in [0.5, 0.6) is 0 Å². The van der Waals surface area contributed by atoms with Crippen molar-refractivity contribution < 1.29 is 0 Å². The van der Waals surface area contributed by atoms with E-state index in [9.17, 15) is 0 Å². The maximum Gasteiger partial charge on any atom is 0.0468 e. The maximum absolute atomic E-state index is 2.56. The highest BCUT2D eigenvalue weighted by Gasteiger charge is 2.79. The van der Waals surface area contributed by atoms with E-state index in [-0.39, 0.29) is 5.41 Å². The van der Waals surface area contributed by atoms with Gasteiger partial charge in [0.15, 0.2) is 0 Å². The third-order valence-corrected chi connectivity index (χ3v) is 13.5. The minimum atomic E-state index is 0.216. The van der Waals surface area contributed by atoms with Gasteiger partial charge in [0.2, 0.25) is 0 Å². The number of rotatable bonds is 5. The van der Waals surface area contributed by atoms with Crippen LogP contribution in [0.15, 0.2) is 152 Å². The number of nitrogens with zero attached hydrogens (tertiary/aromatic N) is 1. The van der Waals surface area contributed by atoms with Crippen LogP contribution in [-0.4, -0.2) is 0 Å². The molecule has 0 N–H and O–H groups in total. The van der Waals surface area contributed by atoms with E-state index in [1.54, 1.807) is 11.1 Å². The van der Waals surface area contributed by atoms with Crippen LogP contribution in [0.2, 0.25) is 0 Å². The molecular weight excluding hydrogens is 579 g/mol. The van der Waals surface area contributed by atoms with E-state index in [1.165, 1.54) is 82.5 Å². The van der Waals surface area contributed by atoms with Gasteiger partial charge in [0.05, 0.1) is 0 Å². The van der Waals surface area contributed by atoms with Crippen molar-refractivity contribution in [3.63, 3.8) is 0 Å². The van der Waals surface area contributed by atoms with E-state index in [4.69, 9.17) is 0 Å². The standard InChI is InChI=1S/C47H39N/c1-3-9-33(10-4-1)35-15-19-37(20-16-35)48(38-21-17-36(18-22-38)34-11-5-2-6-12-34)39-23-24-43-41(28-39)40-13-7-8-14-42(40)47(43)44-26-31-25-32-27-45(47)46(44,29-31)30-32/h1-24,28,31-32,44-45H,25-27,29-30H2. The zero-order chi connectivity index (χ0) is 31.5. The third kappa shape index (κ3) is 3.52. The largest absolute Gasteiger partial charge is 0.310 e. The quantitative estimate of drug-likeness (QED) is 0.186. The first-order valence-electron chi connectivity index (χ1n) is 18.1. The number of anilines is 3. The van der Waals surface area contributed by atoms with Crippen molar-refractivity contribution in [3.05, 3.63) is 163 Å². The first-order valence-corrected chi connectivity index (χ1v) is 18.1. The average molecular weight is 618 g/mol. The lowest BCUT2D eigenvalue weighted by atomic mass is 9.38. The van der Waals surface area contributed by atoms with Crippen LogP contribution >= 0.6 is 0 Å². The molecule has 0 aliphatic heterocycles.